The van der Waals surface area contributed by atoms with Crippen molar-refractivity contribution in [3.63, 3.8) is 0 Å². The summed E-state index contributed by atoms with van der Waals surface area (Å²) in [7, 11) is 1.41. The Labute approximate surface area is 220 Å². The van der Waals surface area contributed by atoms with Crippen LogP contribution in [-0.2, 0) is 16.1 Å². The number of methoxy groups -OCH3 is 1. The van der Waals surface area contributed by atoms with Crippen molar-refractivity contribution in [1.29, 1.82) is 0 Å². The van der Waals surface area contributed by atoms with Gasteiger partial charge in [-0.05, 0) is 59.1 Å². The maximum Gasteiger partial charge on any atom is 0.295 e. The number of imidazole rings is 2. The number of hydrogen-bond acceptors (Lipinski definition) is 7. The van der Waals surface area contributed by atoms with E-state index in [1.165, 1.54) is 12.0 Å². The number of amides is 1. The Bertz CT molecular complexity index is 1540. The molecule has 0 saturated carbocycles. The predicted molar refractivity (Wildman–Crippen MR) is 138 cm³/mol. The zero-order valence-electron chi connectivity index (χ0n) is 20.1. The molecule has 1 saturated heterocycles. The van der Waals surface area contributed by atoms with Gasteiger partial charge >= 0.3 is 0 Å². The number of aliphatic hydroxyl groups is 1. The van der Waals surface area contributed by atoms with E-state index in [1.54, 1.807) is 54.3 Å². The third kappa shape index (κ3) is 4.25. The highest BCUT2D eigenvalue weighted by Crippen LogP contribution is 2.44. The number of halogens is 1. The molecular weight excluding hydrogens is 542 g/mol. The van der Waals surface area contributed by atoms with E-state index in [0.717, 1.165) is 0 Å². The van der Waals surface area contributed by atoms with Crippen LogP contribution < -0.4 is 4.74 Å². The summed E-state index contributed by atoms with van der Waals surface area (Å²) >= 11 is 3.33. The minimum atomic E-state index is -0.915. The standard InChI is InChI=1S/C26H24BrN5O5/c1-15-21(31-9-4-3-6-19(31)29-15)24(34)20-22(16-12-17(27)23(33)18(13-16)37-2)32(26(36)25(20)35)10-5-8-30-11-7-28-14-30/h3-4,6-7,9,11-14,22,33-34H,5,8,10H2,1-2H3. The molecule has 11 heteroatoms. The fourth-order valence-corrected chi connectivity index (χ4v) is 5.19. The number of fused-ring (bicyclic) bond motifs is 1. The lowest BCUT2D eigenvalue weighted by atomic mass is 9.95. The fraction of sp³-hybridized carbons (Fsp3) is 0.231. The lowest BCUT2D eigenvalue weighted by molar-refractivity contribution is -0.139. The summed E-state index contributed by atoms with van der Waals surface area (Å²) in [5.41, 5.74) is 1.89. The van der Waals surface area contributed by atoms with Gasteiger partial charge in [-0.15, -0.1) is 0 Å². The number of nitrogens with zero attached hydrogens (tertiary/aromatic N) is 5. The van der Waals surface area contributed by atoms with Crippen LogP contribution in [0.2, 0.25) is 0 Å². The molecule has 37 heavy (non-hydrogen) atoms. The molecule has 1 aliphatic heterocycles. The van der Waals surface area contributed by atoms with Crippen LogP contribution in [0.25, 0.3) is 11.4 Å². The van der Waals surface area contributed by atoms with Crippen molar-refractivity contribution in [2.24, 2.45) is 0 Å². The van der Waals surface area contributed by atoms with E-state index in [0.29, 0.717) is 40.0 Å². The van der Waals surface area contributed by atoms with E-state index in [9.17, 15) is 19.8 Å². The lowest BCUT2D eigenvalue weighted by Crippen LogP contribution is -2.31. The van der Waals surface area contributed by atoms with Crippen LogP contribution in [0.1, 0.15) is 29.4 Å². The predicted octanol–water partition coefficient (Wildman–Crippen LogP) is 3.83. The van der Waals surface area contributed by atoms with E-state index in [4.69, 9.17) is 4.74 Å². The van der Waals surface area contributed by atoms with Gasteiger partial charge in [-0.3, -0.25) is 14.0 Å². The van der Waals surface area contributed by atoms with Gasteiger partial charge in [-0.2, -0.15) is 0 Å². The number of aromatic hydroxyl groups is 1. The van der Waals surface area contributed by atoms with Gasteiger partial charge in [0, 0.05) is 31.7 Å². The Hall–Kier alpha value is -4.12. The maximum absolute atomic E-state index is 13.4. The molecule has 0 bridgehead atoms. The number of ether oxygens (including phenoxy) is 1. The van der Waals surface area contributed by atoms with Crippen LogP contribution >= 0.6 is 15.9 Å². The second-order valence-electron chi connectivity index (χ2n) is 8.67. The first-order valence-corrected chi connectivity index (χ1v) is 12.4. The number of carbonyl (C=O) groups is 2. The molecule has 3 aromatic heterocycles. The van der Waals surface area contributed by atoms with Crippen LogP contribution in [0.4, 0.5) is 0 Å². The molecule has 5 rings (SSSR count). The number of Topliss-reactive ketones (excluding diaryl/α,β-unsaturated/α-hetero) is 1. The number of phenolic OH excluding ortho intramolecular Hbond substituents is 1. The minimum Gasteiger partial charge on any atom is -0.505 e. The van der Waals surface area contributed by atoms with Gasteiger partial charge in [0.15, 0.2) is 17.3 Å². The smallest absolute Gasteiger partial charge is 0.295 e. The normalized spacial score (nSPS) is 17.2. The SMILES string of the molecule is COc1cc(C2C(=C(O)c3c(C)nc4ccccn34)C(=O)C(=O)N2CCCn2ccnc2)cc(Br)c1O. The van der Waals surface area contributed by atoms with Crippen molar-refractivity contribution in [3.05, 3.63) is 82.2 Å². The number of phenols is 1. The fourth-order valence-electron chi connectivity index (χ4n) is 4.73. The largest absolute Gasteiger partial charge is 0.505 e. The van der Waals surface area contributed by atoms with Crippen molar-refractivity contribution in [2.75, 3.05) is 13.7 Å². The number of hydrogen-bond donors (Lipinski definition) is 2. The van der Waals surface area contributed by atoms with Crippen LogP contribution in [0.15, 0.2) is 65.3 Å². The Morgan fingerprint density at radius 1 is 1.19 bits per heavy atom. The first-order valence-electron chi connectivity index (χ1n) is 11.6. The maximum atomic E-state index is 13.4. The molecule has 1 amide bonds. The van der Waals surface area contributed by atoms with Gasteiger partial charge in [0.2, 0.25) is 0 Å². The third-order valence-corrected chi connectivity index (χ3v) is 7.03. The summed E-state index contributed by atoms with van der Waals surface area (Å²) < 4.78 is 9.21. The lowest BCUT2D eigenvalue weighted by Gasteiger charge is -2.26. The Morgan fingerprint density at radius 3 is 2.73 bits per heavy atom. The number of likely N-dealkylation sites (tertiary alicyclic amines) is 1. The molecule has 4 aromatic rings. The van der Waals surface area contributed by atoms with Crippen molar-refractivity contribution >= 4 is 39.0 Å². The molecule has 1 aromatic carbocycles. The molecule has 2 N–H and O–H groups in total. The van der Waals surface area contributed by atoms with Crippen LogP contribution in [-0.4, -0.2) is 59.4 Å². The number of rotatable bonds is 7. The molecule has 1 fully saturated rings. The molecule has 190 valence electrons. The molecule has 0 aliphatic carbocycles. The van der Waals surface area contributed by atoms with Crippen LogP contribution in [0.3, 0.4) is 0 Å². The van der Waals surface area contributed by atoms with E-state index < -0.39 is 17.7 Å². The van der Waals surface area contributed by atoms with Gasteiger partial charge in [0.25, 0.3) is 11.7 Å². The Kier molecular flexibility index (Phi) is 6.46. The quantitative estimate of drug-likeness (QED) is 0.198. The van der Waals surface area contributed by atoms with Crippen molar-refractivity contribution < 1.29 is 24.5 Å². The summed E-state index contributed by atoms with van der Waals surface area (Å²) in [6.07, 6.45) is 7.46. The number of aromatic nitrogens is 4. The van der Waals surface area contributed by atoms with Crippen molar-refractivity contribution in [1.82, 2.24) is 23.8 Å². The first kappa shape index (κ1) is 24.6. The first-order chi connectivity index (χ1) is 17.8. The van der Waals surface area contributed by atoms with Gasteiger partial charge in [0.05, 0.1) is 35.2 Å². The average molecular weight is 566 g/mol. The zero-order valence-corrected chi connectivity index (χ0v) is 21.7. The van der Waals surface area contributed by atoms with E-state index in [-0.39, 0.29) is 29.4 Å². The summed E-state index contributed by atoms with van der Waals surface area (Å²) in [5, 5.41) is 21.9. The molecule has 1 aliphatic rings. The number of aryl methyl sites for hydroxylation is 2. The molecule has 10 nitrogen and oxygen atoms in total. The van der Waals surface area contributed by atoms with Gasteiger partial charge < -0.3 is 24.4 Å². The number of pyridine rings is 1. The second kappa shape index (κ2) is 9.74. The number of aliphatic hydroxyl groups excluding tert-OH is 1. The number of ketones is 1. The summed E-state index contributed by atoms with van der Waals surface area (Å²) in [6, 6.07) is 7.67. The van der Waals surface area contributed by atoms with Crippen LogP contribution in [0, 0.1) is 6.92 Å². The molecular formula is C26H24BrN5O5. The third-order valence-electron chi connectivity index (χ3n) is 6.43. The van der Waals surface area contributed by atoms with Crippen molar-refractivity contribution in [3.8, 4) is 11.5 Å². The average Bonchev–Trinajstić information content (AvgIpc) is 3.58. The van der Waals surface area contributed by atoms with Gasteiger partial charge in [-0.1, -0.05) is 6.07 Å². The van der Waals surface area contributed by atoms with Crippen molar-refractivity contribution in [2.45, 2.75) is 25.9 Å². The topological polar surface area (TPSA) is 122 Å². The van der Waals surface area contributed by atoms with E-state index in [2.05, 4.69) is 25.9 Å². The van der Waals surface area contributed by atoms with E-state index in [1.807, 2.05) is 16.8 Å². The summed E-state index contributed by atoms with van der Waals surface area (Å²) in [4.78, 5) is 36.7. The summed E-state index contributed by atoms with van der Waals surface area (Å²) in [5.74, 6) is -1.77. The summed E-state index contributed by atoms with van der Waals surface area (Å²) in [6.45, 7) is 2.57. The highest BCUT2D eigenvalue weighted by atomic mass is 79.9. The van der Waals surface area contributed by atoms with Gasteiger partial charge in [-0.25, -0.2) is 9.97 Å². The molecule has 0 spiro atoms. The van der Waals surface area contributed by atoms with E-state index >= 15 is 0 Å². The molecule has 0 radical (unpaired) electrons. The van der Waals surface area contributed by atoms with Gasteiger partial charge in [0.1, 0.15) is 11.3 Å². The number of carbonyl (C=O) groups excluding carboxylic acids is 2. The molecule has 4 heterocycles. The second-order valence-corrected chi connectivity index (χ2v) is 9.53. The Morgan fingerprint density at radius 2 is 2.00 bits per heavy atom. The highest BCUT2D eigenvalue weighted by molar-refractivity contribution is 9.10. The Balaban J connectivity index is 1.66. The molecule has 1 unspecified atom stereocenters. The zero-order chi connectivity index (χ0) is 26.3. The monoisotopic (exact) mass is 565 g/mol. The molecule has 1 atom stereocenters. The van der Waals surface area contributed by atoms with Crippen LogP contribution in [0.5, 0.6) is 11.5 Å². The number of benzene rings is 1. The highest BCUT2D eigenvalue weighted by Gasteiger charge is 2.46. The minimum absolute atomic E-state index is 0.0546.